The van der Waals surface area contributed by atoms with E-state index in [1.807, 2.05) is 0 Å². The molecule has 2 heteroatoms. The minimum atomic E-state index is 0.155. The molecule has 0 saturated carbocycles. The lowest BCUT2D eigenvalue weighted by Gasteiger charge is -2.35. The number of nitrogens with one attached hydrogen (secondary N) is 1. The fourth-order valence-corrected chi connectivity index (χ4v) is 2.50. The summed E-state index contributed by atoms with van der Waals surface area (Å²) in [5, 5.41) is 3.66. The number of rotatable bonds is 7. The Kier molecular flexibility index (Phi) is 6.70. The Morgan fingerprint density at radius 1 is 1.15 bits per heavy atom. The molecule has 0 heterocycles. The van der Waals surface area contributed by atoms with Crippen molar-refractivity contribution in [3.05, 3.63) is 35.9 Å². The molecule has 0 bridgehead atoms. The molecular formula is C18H32N2. The fraction of sp³-hybridized carbons (Fsp3) is 0.667. The second kappa shape index (κ2) is 7.80. The number of benzene rings is 1. The van der Waals surface area contributed by atoms with Gasteiger partial charge in [-0.15, -0.1) is 0 Å². The third-order valence-electron chi connectivity index (χ3n) is 3.90. The first-order valence-electron chi connectivity index (χ1n) is 7.87. The van der Waals surface area contributed by atoms with Gasteiger partial charge >= 0.3 is 0 Å². The highest BCUT2D eigenvalue weighted by Crippen LogP contribution is 2.23. The molecule has 1 aromatic carbocycles. The van der Waals surface area contributed by atoms with Crippen molar-refractivity contribution < 1.29 is 0 Å². The second-order valence-electron chi connectivity index (χ2n) is 6.86. The van der Waals surface area contributed by atoms with Gasteiger partial charge in [0.15, 0.2) is 0 Å². The molecule has 0 aliphatic rings. The summed E-state index contributed by atoms with van der Waals surface area (Å²) in [6.45, 7) is 12.3. The molecule has 1 N–H and O–H groups in total. The lowest BCUT2D eigenvalue weighted by atomic mass is 10.0. The smallest absolute Gasteiger partial charge is 0.0472 e. The van der Waals surface area contributed by atoms with Crippen LogP contribution in [0.3, 0.4) is 0 Å². The highest BCUT2D eigenvalue weighted by molar-refractivity contribution is 5.19. The highest BCUT2D eigenvalue weighted by Gasteiger charge is 2.22. The molecular weight excluding hydrogens is 244 g/mol. The zero-order chi connectivity index (χ0) is 15.2. The average Bonchev–Trinajstić information content (AvgIpc) is 2.39. The van der Waals surface area contributed by atoms with E-state index in [1.54, 1.807) is 0 Å². The van der Waals surface area contributed by atoms with Crippen LogP contribution < -0.4 is 5.32 Å². The largest absolute Gasteiger partial charge is 0.310 e. The van der Waals surface area contributed by atoms with Crippen LogP contribution in [0, 0.1) is 0 Å². The summed E-state index contributed by atoms with van der Waals surface area (Å²) in [6.07, 6.45) is 2.48. The van der Waals surface area contributed by atoms with Crippen LogP contribution in [-0.4, -0.2) is 30.1 Å². The predicted octanol–water partition coefficient (Wildman–Crippen LogP) is 4.24. The van der Waals surface area contributed by atoms with Gasteiger partial charge in [-0.05, 0) is 46.7 Å². The van der Waals surface area contributed by atoms with Crippen LogP contribution in [0.25, 0.3) is 0 Å². The van der Waals surface area contributed by atoms with Crippen LogP contribution >= 0.6 is 0 Å². The summed E-state index contributed by atoms with van der Waals surface area (Å²) in [6, 6.07) is 11.9. The Labute approximate surface area is 125 Å². The van der Waals surface area contributed by atoms with E-state index in [0.717, 1.165) is 6.54 Å². The van der Waals surface area contributed by atoms with Gasteiger partial charge < -0.3 is 5.32 Å². The van der Waals surface area contributed by atoms with E-state index in [4.69, 9.17) is 0 Å². The summed E-state index contributed by atoms with van der Waals surface area (Å²) in [5.41, 5.74) is 1.55. The standard InChI is InChI=1S/C18H32N2/c1-7-11-15(2)20(6)17(14-19-18(3,4)5)16-12-9-8-10-13-16/h8-10,12-13,15,17,19H,7,11,14H2,1-6H3. The van der Waals surface area contributed by atoms with Gasteiger partial charge in [0.25, 0.3) is 0 Å². The van der Waals surface area contributed by atoms with Gasteiger partial charge in [0.2, 0.25) is 0 Å². The summed E-state index contributed by atoms with van der Waals surface area (Å²) in [7, 11) is 2.25. The molecule has 0 saturated heterocycles. The van der Waals surface area contributed by atoms with Crippen molar-refractivity contribution in [2.24, 2.45) is 0 Å². The van der Waals surface area contributed by atoms with E-state index in [1.165, 1.54) is 18.4 Å². The number of hydrogen-bond acceptors (Lipinski definition) is 2. The number of nitrogens with zero attached hydrogens (tertiary/aromatic N) is 1. The van der Waals surface area contributed by atoms with Crippen LogP contribution in [0.15, 0.2) is 30.3 Å². The summed E-state index contributed by atoms with van der Waals surface area (Å²) < 4.78 is 0. The minimum absolute atomic E-state index is 0.155. The fourth-order valence-electron chi connectivity index (χ4n) is 2.50. The molecule has 0 spiro atoms. The minimum Gasteiger partial charge on any atom is -0.310 e. The second-order valence-corrected chi connectivity index (χ2v) is 6.86. The predicted molar refractivity (Wildman–Crippen MR) is 89.1 cm³/mol. The van der Waals surface area contributed by atoms with Crippen molar-refractivity contribution in [2.45, 2.75) is 65.1 Å². The topological polar surface area (TPSA) is 15.3 Å². The molecule has 0 aliphatic carbocycles. The van der Waals surface area contributed by atoms with Gasteiger partial charge in [0.05, 0.1) is 0 Å². The first-order valence-corrected chi connectivity index (χ1v) is 7.87. The van der Waals surface area contributed by atoms with Crippen molar-refractivity contribution in [2.75, 3.05) is 13.6 Å². The lowest BCUT2D eigenvalue weighted by Crippen LogP contribution is -2.44. The Morgan fingerprint density at radius 2 is 1.75 bits per heavy atom. The SMILES string of the molecule is CCCC(C)N(C)C(CNC(C)(C)C)c1ccccc1. The van der Waals surface area contributed by atoms with E-state index in [-0.39, 0.29) is 5.54 Å². The van der Waals surface area contributed by atoms with E-state index in [2.05, 4.69) is 82.2 Å². The van der Waals surface area contributed by atoms with E-state index in [0.29, 0.717) is 12.1 Å². The van der Waals surface area contributed by atoms with Gasteiger partial charge in [0, 0.05) is 24.2 Å². The van der Waals surface area contributed by atoms with Gasteiger partial charge in [-0.1, -0.05) is 43.7 Å². The Hall–Kier alpha value is -0.860. The van der Waals surface area contributed by atoms with Crippen LogP contribution in [-0.2, 0) is 0 Å². The van der Waals surface area contributed by atoms with Gasteiger partial charge in [-0.2, -0.15) is 0 Å². The molecule has 20 heavy (non-hydrogen) atoms. The maximum atomic E-state index is 3.66. The van der Waals surface area contributed by atoms with Crippen molar-refractivity contribution in [1.82, 2.24) is 10.2 Å². The van der Waals surface area contributed by atoms with Gasteiger partial charge in [-0.3, -0.25) is 4.90 Å². The molecule has 0 fully saturated rings. The first kappa shape index (κ1) is 17.2. The third-order valence-corrected chi connectivity index (χ3v) is 3.90. The molecule has 1 aromatic rings. The Bertz CT molecular complexity index is 367. The maximum Gasteiger partial charge on any atom is 0.0472 e. The van der Waals surface area contributed by atoms with Crippen molar-refractivity contribution in [3.63, 3.8) is 0 Å². The molecule has 2 nitrogen and oxygen atoms in total. The van der Waals surface area contributed by atoms with Crippen molar-refractivity contribution in [1.29, 1.82) is 0 Å². The van der Waals surface area contributed by atoms with E-state index >= 15 is 0 Å². The van der Waals surface area contributed by atoms with E-state index < -0.39 is 0 Å². The van der Waals surface area contributed by atoms with E-state index in [9.17, 15) is 0 Å². The highest BCUT2D eigenvalue weighted by atomic mass is 15.2. The summed E-state index contributed by atoms with van der Waals surface area (Å²) >= 11 is 0. The zero-order valence-electron chi connectivity index (χ0n) is 14.1. The Balaban J connectivity index is 2.84. The molecule has 0 amide bonds. The molecule has 114 valence electrons. The first-order chi connectivity index (χ1) is 9.35. The molecule has 0 radical (unpaired) electrons. The van der Waals surface area contributed by atoms with Gasteiger partial charge in [-0.25, -0.2) is 0 Å². The van der Waals surface area contributed by atoms with Crippen LogP contribution in [0.2, 0.25) is 0 Å². The average molecular weight is 276 g/mol. The Morgan fingerprint density at radius 3 is 2.25 bits per heavy atom. The third kappa shape index (κ3) is 5.64. The number of likely N-dealkylation sites (N-methyl/N-ethyl adjacent to an activating group) is 1. The van der Waals surface area contributed by atoms with Crippen LogP contribution in [0.5, 0.6) is 0 Å². The van der Waals surface area contributed by atoms with Gasteiger partial charge in [0.1, 0.15) is 0 Å². The molecule has 0 aromatic heterocycles. The summed E-state index contributed by atoms with van der Waals surface area (Å²) in [5.74, 6) is 0. The van der Waals surface area contributed by atoms with Crippen molar-refractivity contribution >= 4 is 0 Å². The maximum absolute atomic E-state index is 3.66. The zero-order valence-corrected chi connectivity index (χ0v) is 14.1. The normalized spacial score (nSPS) is 15.3. The lowest BCUT2D eigenvalue weighted by molar-refractivity contribution is 0.164. The van der Waals surface area contributed by atoms with Crippen molar-refractivity contribution in [3.8, 4) is 0 Å². The molecule has 0 aliphatic heterocycles. The molecule has 2 atom stereocenters. The monoisotopic (exact) mass is 276 g/mol. The number of hydrogen-bond donors (Lipinski definition) is 1. The van der Waals surface area contributed by atoms with Crippen LogP contribution in [0.4, 0.5) is 0 Å². The quantitative estimate of drug-likeness (QED) is 0.801. The summed E-state index contributed by atoms with van der Waals surface area (Å²) in [4.78, 5) is 2.51. The molecule has 2 unspecified atom stereocenters. The molecule has 1 rings (SSSR count). The van der Waals surface area contributed by atoms with Crippen LogP contribution in [0.1, 0.15) is 59.1 Å².